The van der Waals surface area contributed by atoms with Crippen LogP contribution in [0.2, 0.25) is 0 Å². The largest absolute Gasteiger partial charge is 0.362 e. The van der Waals surface area contributed by atoms with Crippen LogP contribution in [0.1, 0.15) is 78.9 Å². The highest BCUT2D eigenvalue weighted by molar-refractivity contribution is 8.02. The van der Waals surface area contributed by atoms with E-state index in [0.29, 0.717) is 11.1 Å². The molecular formula is C40H43NO2S. The standard InChI is InChI=1S/C36H31NO2S.2C2H6/c1-25-21-29(23-32-34(38)30-16-10-11-17-31(30)35(32)39)40-24-27-18-19-28(22-33(27)36(25,2)3)37-20-12-5-4-7-13-26-14-8-6-9-15-26;2*1-2/h4-23,37H,1,24H2,2-3H3;2*1-2H3/b5-4-,13-7-,20-12+,29-21-;;. The first-order valence-electron chi connectivity index (χ1n) is 15.2. The van der Waals surface area contributed by atoms with Crippen LogP contribution in [0.4, 0.5) is 5.69 Å². The Bertz CT molecular complexity index is 1600. The lowest BCUT2D eigenvalue weighted by Gasteiger charge is -2.31. The number of carbonyl (C=O) groups is 2. The summed E-state index contributed by atoms with van der Waals surface area (Å²) < 4.78 is 0. The molecule has 0 bridgehead atoms. The van der Waals surface area contributed by atoms with Gasteiger partial charge < -0.3 is 5.32 Å². The number of nitrogens with one attached hydrogen (secondary N) is 1. The molecule has 0 radical (unpaired) electrons. The highest BCUT2D eigenvalue weighted by Crippen LogP contribution is 2.42. The highest BCUT2D eigenvalue weighted by Gasteiger charge is 2.33. The van der Waals surface area contributed by atoms with Crippen LogP contribution in [0.5, 0.6) is 0 Å². The molecule has 3 aromatic rings. The normalized spacial score (nSPS) is 16.6. The molecular weight excluding hydrogens is 559 g/mol. The van der Waals surface area contributed by atoms with Crippen molar-refractivity contribution in [2.75, 3.05) is 5.32 Å². The molecule has 0 amide bonds. The van der Waals surface area contributed by atoms with Gasteiger partial charge in [-0.15, -0.1) is 11.8 Å². The van der Waals surface area contributed by atoms with Gasteiger partial charge in [0.2, 0.25) is 0 Å². The van der Waals surface area contributed by atoms with Crippen molar-refractivity contribution < 1.29 is 9.59 Å². The summed E-state index contributed by atoms with van der Waals surface area (Å²) in [6.07, 6.45) is 15.7. The second-order valence-corrected chi connectivity index (χ2v) is 11.3. The van der Waals surface area contributed by atoms with Crippen LogP contribution in [0.25, 0.3) is 6.08 Å². The number of anilines is 1. The summed E-state index contributed by atoms with van der Waals surface area (Å²) in [6.45, 7) is 16.7. The molecule has 3 nitrogen and oxygen atoms in total. The Morgan fingerprint density at radius 1 is 0.795 bits per heavy atom. The van der Waals surface area contributed by atoms with Gasteiger partial charge >= 0.3 is 0 Å². The molecule has 0 atom stereocenters. The van der Waals surface area contributed by atoms with Gasteiger partial charge in [0.15, 0.2) is 11.6 Å². The van der Waals surface area contributed by atoms with Crippen molar-refractivity contribution in [2.24, 2.45) is 0 Å². The number of carbonyl (C=O) groups excluding carboxylic acids is 2. The molecule has 1 aliphatic heterocycles. The molecule has 0 aromatic heterocycles. The third-order valence-electron chi connectivity index (χ3n) is 7.26. The molecule has 44 heavy (non-hydrogen) atoms. The van der Waals surface area contributed by atoms with Crippen LogP contribution >= 0.6 is 11.8 Å². The van der Waals surface area contributed by atoms with E-state index in [1.807, 2.05) is 82.5 Å². The summed E-state index contributed by atoms with van der Waals surface area (Å²) in [7, 11) is 0. The van der Waals surface area contributed by atoms with E-state index in [0.717, 1.165) is 21.9 Å². The maximum Gasteiger partial charge on any atom is 0.197 e. The lowest BCUT2D eigenvalue weighted by atomic mass is 9.76. The maximum atomic E-state index is 12.9. The molecule has 1 N–H and O–H groups in total. The molecule has 4 heteroatoms. The van der Waals surface area contributed by atoms with Gasteiger partial charge in [-0.3, -0.25) is 9.59 Å². The fourth-order valence-electron chi connectivity index (χ4n) is 4.79. The van der Waals surface area contributed by atoms with E-state index in [-0.39, 0.29) is 22.6 Å². The number of rotatable bonds is 6. The number of hydrogen-bond donors (Lipinski definition) is 1. The zero-order valence-corrected chi connectivity index (χ0v) is 27.5. The Labute approximate surface area is 267 Å². The SMILES string of the molecule is C=C1/C=C(/C=C2C(=O)c3ccccc3C2=O)SCc2ccc(N/C=C/C=C\C=C/c3ccccc3)cc2C1(C)C.CC.CC. The van der Waals surface area contributed by atoms with Gasteiger partial charge in [-0.2, -0.15) is 0 Å². The zero-order chi connectivity index (χ0) is 32.1. The number of hydrogen-bond acceptors (Lipinski definition) is 4. The van der Waals surface area contributed by atoms with E-state index in [9.17, 15) is 9.59 Å². The summed E-state index contributed by atoms with van der Waals surface area (Å²) in [6, 6.07) is 23.6. The number of allylic oxidation sites excluding steroid dienone is 8. The van der Waals surface area contributed by atoms with E-state index in [4.69, 9.17) is 0 Å². The molecule has 0 fully saturated rings. The van der Waals surface area contributed by atoms with E-state index >= 15 is 0 Å². The molecule has 226 valence electrons. The van der Waals surface area contributed by atoms with Gasteiger partial charge in [0.1, 0.15) is 0 Å². The molecule has 3 aromatic carbocycles. The Morgan fingerprint density at radius 2 is 1.41 bits per heavy atom. The Balaban J connectivity index is 0.00000127. The number of ketones is 2. The van der Waals surface area contributed by atoms with E-state index in [1.54, 1.807) is 42.1 Å². The van der Waals surface area contributed by atoms with Crippen molar-refractivity contribution in [1.82, 2.24) is 0 Å². The quantitative estimate of drug-likeness (QED) is 0.173. The monoisotopic (exact) mass is 601 g/mol. The van der Waals surface area contributed by atoms with Gasteiger partial charge in [-0.25, -0.2) is 0 Å². The van der Waals surface area contributed by atoms with Crippen molar-refractivity contribution >= 4 is 35.1 Å². The third-order valence-corrected chi connectivity index (χ3v) is 8.28. The smallest absolute Gasteiger partial charge is 0.197 e. The first-order chi connectivity index (χ1) is 21.3. The molecule has 5 rings (SSSR count). The number of fused-ring (bicyclic) bond motifs is 2. The molecule has 2 aliphatic rings. The predicted molar refractivity (Wildman–Crippen MR) is 191 cm³/mol. The Hall–Kier alpha value is -4.41. The fourth-order valence-corrected chi connectivity index (χ4v) is 5.79. The highest BCUT2D eigenvalue weighted by atomic mass is 32.2. The molecule has 0 saturated heterocycles. The van der Waals surface area contributed by atoms with Crippen molar-refractivity contribution in [1.29, 1.82) is 0 Å². The van der Waals surface area contributed by atoms with Crippen LogP contribution in [-0.2, 0) is 11.2 Å². The Morgan fingerprint density at radius 3 is 2.07 bits per heavy atom. The van der Waals surface area contributed by atoms with E-state index in [2.05, 4.69) is 62.2 Å². The lowest BCUT2D eigenvalue weighted by Crippen LogP contribution is -2.22. The Kier molecular flexibility index (Phi) is 12.7. The maximum absolute atomic E-state index is 12.9. The summed E-state index contributed by atoms with van der Waals surface area (Å²) in [5.41, 5.74) is 6.34. The third kappa shape index (κ3) is 8.15. The minimum absolute atomic E-state index is 0.208. The first-order valence-corrected chi connectivity index (χ1v) is 16.2. The van der Waals surface area contributed by atoms with E-state index in [1.165, 1.54) is 16.7 Å². The lowest BCUT2D eigenvalue weighted by molar-refractivity contribution is 0.0988. The van der Waals surface area contributed by atoms with Gasteiger partial charge in [0.05, 0.1) is 5.57 Å². The second kappa shape index (κ2) is 16.4. The van der Waals surface area contributed by atoms with Crippen molar-refractivity contribution in [2.45, 2.75) is 52.7 Å². The summed E-state index contributed by atoms with van der Waals surface area (Å²) in [4.78, 5) is 26.7. The van der Waals surface area contributed by atoms with Gasteiger partial charge in [0.25, 0.3) is 0 Å². The van der Waals surface area contributed by atoms with Crippen molar-refractivity contribution in [3.05, 3.63) is 166 Å². The minimum Gasteiger partial charge on any atom is -0.362 e. The van der Waals surface area contributed by atoms with Gasteiger partial charge in [-0.05, 0) is 52.6 Å². The van der Waals surface area contributed by atoms with Gasteiger partial charge in [-0.1, -0.05) is 133 Å². The first kappa shape index (κ1) is 34.1. The average Bonchev–Trinajstić information content (AvgIpc) is 3.30. The topological polar surface area (TPSA) is 46.2 Å². The van der Waals surface area contributed by atoms with Crippen LogP contribution in [0.3, 0.4) is 0 Å². The summed E-state index contributed by atoms with van der Waals surface area (Å²) >= 11 is 1.62. The average molecular weight is 602 g/mol. The van der Waals surface area contributed by atoms with Gasteiger partial charge in [0, 0.05) is 39.1 Å². The molecule has 1 aliphatic carbocycles. The van der Waals surface area contributed by atoms with E-state index < -0.39 is 0 Å². The molecule has 0 saturated carbocycles. The summed E-state index contributed by atoms with van der Waals surface area (Å²) in [5.74, 6) is 0.310. The van der Waals surface area contributed by atoms with Crippen LogP contribution in [0, 0.1) is 0 Å². The summed E-state index contributed by atoms with van der Waals surface area (Å²) in [5, 5.41) is 3.38. The predicted octanol–water partition coefficient (Wildman–Crippen LogP) is 10.9. The number of benzene rings is 3. The zero-order valence-electron chi connectivity index (χ0n) is 26.7. The second-order valence-electron chi connectivity index (χ2n) is 10.3. The number of Topliss-reactive ketones (excluding diaryl/α,β-unsaturated/α-hetero) is 2. The molecule has 0 spiro atoms. The van der Waals surface area contributed by atoms with Crippen molar-refractivity contribution in [3.8, 4) is 0 Å². The van der Waals surface area contributed by atoms with Crippen molar-refractivity contribution in [3.63, 3.8) is 0 Å². The molecule has 0 unspecified atom stereocenters. The van der Waals surface area contributed by atoms with Crippen LogP contribution in [-0.4, -0.2) is 11.6 Å². The minimum atomic E-state index is -0.337. The fraction of sp³-hybridized carbons (Fsp3) is 0.200. The van der Waals surface area contributed by atoms with Crippen LogP contribution in [0.15, 0.2) is 138 Å². The number of thioether (sulfide) groups is 1. The molecule has 1 heterocycles. The van der Waals surface area contributed by atoms with Crippen LogP contribution < -0.4 is 5.32 Å².